The molecule has 3 rings (SSSR count). The van der Waals surface area contributed by atoms with Crippen LogP contribution in [0.2, 0.25) is 0 Å². The maximum atomic E-state index is 13.8. The first-order valence-electron chi connectivity index (χ1n) is 13.6. The molecule has 1 heterocycles. The second-order valence-corrected chi connectivity index (χ2v) is 11.0. The molecule has 2 aromatic carbocycles. The van der Waals surface area contributed by atoms with Gasteiger partial charge in [-0.2, -0.15) is 18.4 Å². The van der Waals surface area contributed by atoms with E-state index in [4.69, 9.17) is 0 Å². The molecule has 1 saturated heterocycles. The van der Waals surface area contributed by atoms with Gasteiger partial charge in [0.1, 0.15) is 12.1 Å². The predicted octanol–water partition coefficient (Wildman–Crippen LogP) is 6.30. The summed E-state index contributed by atoms with van der Waals surface area (Å²) in [6, 6.07) is 13.6. The van der Waals surface area contributed by atoms with Crippen LogP contribution in [0.15, 0.2) is 53.5 Å². The quantitative estimate of drug-likeness (QED) is 0.377. The number of likely N-dealkylation sites (tertiary alicyclic amines) is 1. The third-order valence-electron chi connectivity index (χ3n) is 6.37. The van der Waals surface area contributed by atoms with Crippen molar-refractivity contribution in [2.75, 3.05) is 25.5 Å². The molecule has 0 spiro atoms. The number of benzene rings is 2. The predicted molar refractivity (Wildman–Crippen MR) is 156 cm³/mol. The van der Waals surface area contributed by atoms with Crippen LogP contribution in [0.4, 0.5) is 24.5 Å². The number of nitrogens with zero attached hydrogens (tertiary/aromatic N) is 4. The number of nitriles is 1. The summed E-state index contributed by atoms with van der Waals surface area (Å²) in [7, 11) is 1.29. The molecule has 41 heavy (non-hydrogen) atoms. The monoisotopic (exact) mass is 571 g/mol. The Balaban J connectivity index is 0.00000138. The van der Waals surface area contributed by atoms with Crippen LogP contribution in [0.25, 0.3) is 0 Å². The second-order valence-electron chi connectivity index (χ2n) is 11.0. The highest BCUT2D eigenvalue weighted by molar-refractivity contribution is 5.86. The van der Waals surface area contributed by atoms with Gasteiger partial charge in [0.25, 0.3) is 0 Å². The number of halogens is 3. The summed E-state index contributed by atoms with van der Waals surface area (Å²) in [5, 5.41) is 12.0. The minimum atomic E-state index is -4.68. The topological polar surface area (TPSA) is 88.8 Å². The molecule has 222 valence electrons. The molecular formula is C31H40F3N5O2. The molecule has 1 aliphatic heterocycles. The lowest BCUT2D eigenvalue weighted by Crippen LogP contribution is -2.46. The lowest BCUT2D eigenvalue weighted by Gasteiger charge is -2.27. The van der Waals surface area contributed by atoms with Crippen molar-refractivity contribution in [2.24, 2.45) is 16.8 Å². The van der Waals surface area contributed by atoms with Crippen molar-refractivity contribution in [3.05, 3.63) is 59.7 Å². The zero-order valence-corrected chi connectivity index (χ0v) is 24.6. The van der Waals surface area contributed by atoms with E-state index in [1.807, 2.05) is 30.3 Å². The van der Waals surface area contributed by atoms with Gasteiger partial charge in [-0.25, -0.2) is 0 Å². The first kappa shape index (κ1) is 33.3. The lowest BCUT2D eigenvalue weighted by molar-refractivity contribution is -0.154. The van der Waals surface area contributed by atoms with Crippen LogP contribution in [0.3, 0.4) is 0 Å². The molecule has 2 amide bonds. The molecule has 0 radical (unpaired) electrons. The van der Waals surface area contributed by atoms with Gasteiger partial charge >= 0.3 is 6.18 Å². The average Bonchev–Trinajstić information content (AvgIpc) is 3.32. The summed E-state index contributed by atoms with van der Waals surface area (Å²) in [4.78, 5) is 32.4. The van der Waals surface area contributed by atoms with Gasteiger partial charge < -0.3 is 15.1 Å². The van der Waals surface area contributed by atoms with Gasteiger partial charge in [0, 0.05) is 31.4 Å². The first-order valence-corrected chi connectivity index (χ1v) is 13.6. The molecule has 3 atom stereocenters. The highest BCUT2D eigenvalue weighted by Crippen LogP contribution is 2.30. The summed E-state index contributed by atoms with van der Waals surface area (Å²) < 4.78 is 41.3. The molecule has 0 aromatic heterocycles. The minimum Gasteiger partial charge on any atom is -0.373 e. The molecule has 7 nitrogen and oxygen atoms in total. The average molecular weight is 572 g/mol. The van der Waals surface area contributed by atoms with Crippen molar-refractivity contribution in [3.8, 4) is 6.07 Å². The van der Waals surface area contributed by atoms with Crippen LogP contribution in [-0.4, -0.2) is 66.2 Å². The number of likely N-dealkylation sites (N-methyl/N-ethyl adjacent to an activating group) is 1. The van der Waals surface area contributed by atoms with E-state index in [1.165, 1.54) is 11.9 Å². The molecule has 0 aliphatic carbocycles. The number of amides is 2. The minimum absolute atomic E-state index is 0.147. The second kappa shape index (κ2) is 15.2. The standard InChI is InChI=1S/C27H30F3N5O2.C4H10/c1-18-8-7-9-19(2)26(18)33-23(27(28,29)30)13-24(36)34(3)17-25(37)35-16-20(12-22(35)14-31)15-32-21-10-5-4-6-11-21;1-4(2)3/h4-11,15,20,22-23,33H,12-13,16-17H2,1-3H3;4H,1-3H3. The molecule has 1 aliphatic rings. The van der Waals surface area contributed by atoms with Crippen molar-refractivity contribution < 1.29 is 22.8 Å². The number of carbonyl (C=O) groups excluding carboxylic acids is 2. The van der Waals surface area contributed by atoms with Crippen LogP contribution in [-0.2, 0) is 9.59 Å². The van der Waals surface area contributed by atoms with E-state index < -0.39 is 43.0 Å². The highest BCUT2D eigenvalue weighted by Gasteiger charge is 2.42. The summed E-state index contributed by atoms with van der Waals surface area (Å²) in [5.74, 6) is -0.639. The van der Waals surface area contributed by atoms with Gasteiger partial charge in [-0.1, -0.05) is 57.2 Å². The number of alkyl halides is 3. The Labute approximate surface area is 241 Å². The van der Waals surface area contributed by atoms with E-state index in [0.29, 0.717) is 23.2 Å². The molecule has 0 bridgehead atoms. The fourth-order valence-corrected chi connectivity index (χ4v) is 4.26. The summed E-state index contributed by atoms with van der Waals surface area (Å²) in [5.41, 5.74) is 2.34. The van der Waals surface area contributed by atoms with E-state index in [2.05, 4.69) is 37.1 Å². The largest absolute Gasteiger partial charge is 0.409 e. The van der Waals surface area contributed by atoms with Gasteiger partial charge in [0.05, 0.1) is 24.7 Å². The molecular weight excluding hydrogens is 531 g/mol. The van der Waals surface area contributed by atoms with Gasteiger partial charge in [-0.3, -0.25) is 14.6 Å². The van der Waals surface area contributed by atoms with Crippen molar-refractivity contribution in [1.29, 1.82) is 5.26 Å². The number of hydrogen-bond acceptors (Lipinski definition) is 5. The SMILES string of the molecule is CC(C)C.Cc1cccc(C)c1NC(CC(=O)N(C)CC(=O)N1CC(C=Nc2ccccc2)CC1C#N)C(F)(F)F. The highest BCUT2D eigenvalue weighted by atomic mass is 19.4. The summed E-state index contributed by atoms with van der Waals surface area (Å²) >= 11 is 0. The number of aliphatic imine (C=N–C) groups is 1. The van der Waals surface area contributed by atoms with E-state index in [0.717, 1.165) is 16.5 Å². The smallest absolute Gasteiger partial charge is 0.373 e. The van der Waals surface area contributed by atoms with Gasteiger partial charge in [-0.05, 0) is 49.4 Å². The number of rotatable bonds is 8. The van der Waals surface area contributed by atoms with Crippen molar-refractivity contribution in [3.63, 3.8) is 0 Å². The van der Waals surface area contributed by atoms with Crippen LogP contribution in [0.5, 0.6) is 0 Å². The van der Waals surface area contributed by atoms with Gasteiger partial charge in [0.2, 0.25) is 11.8 Å². The third kappa shape index (κ3) is 10.6. The normalized spacial score (nSPS) is 17.5. The van der Waals surface area contributed by atoms with Crippen LogP contribution in [0.1, 0.15) is 44.7 Å². The van der Waals surface area contributed by atoms with Crippen LogP contribution >= 0.6 is 0 Å². The Bertz CT molecular complexity index is 1200. The number of aryl methyl sites for hydroxylation is 2. The Morgan fingerprint density at radius 2 is 1.71 bits per heavy atom. The molecule has 3 unspecified atom stereocenters. The third-order valence-corrected chi connectivity index (χ3v) is 6.37. The lowest BCUT2D eigenvalue weighted by atomic mass is 10.1. The maximum absolute atomic E-state index is 13.8. The molecule has 1 N–H and O–H groups in total. The number of hydrogen-bond donors (Lipinski definition) is 1. The zero-order valence-electron chi connectivity index (χ0n) is 24.6. The first-order chi connectivity index (χ1) is 19.2. The number of carbonyl (C=O) groups is 2. The number of nitrogens with one attached hydrogen (secondary N) is 1. The van der Waals surface area contributed by atoms with E-state index in [1.54, 1.807) is 38.3 Å². The Hall–Kier alpha value is -3.87. The Morgan fingerprint density at radius 3 is 2.24 bits per heavy atom. The fraction of sp³-hybridized carbons (Fsp3) is 0.484. The van der Waals surface area contributed by atoms with E-state index in [9.17, 15) is 28.0 Å². The zero-order chi connectivity index (χ0) is 30.7. The van der Waals surface area contributed by atoms with Gasteiger partial charge in [0.15, 0.2) is 0 Å². The Morgan fingerprint density at radius 1 is 1.12 bits per heavy atom. The molecule has 2 aromatic rings. The maximum Gasteiger partial charge on any atom is 0.409 e. The molecule has 1 fully saturated rings. The van der Waals surface area contributed by atoms with Crippen LogP contribution in [0, 0.1) is 37.0 Å². The Kier molecular flexibility index (Phi) is 12.4. The van der Waals surface area contributed by atoms with Crippen molar-refractivity contribution in [2.45, 2.75) is 65.7 Å². The fourth-order valence-electron chi connectivity index (χ4n) is 4.26. The molecule has 0 saturated carbocycles. The summed E-state index contributed by atoms with van der Waals surface area (Å²) in [6.45, 7) is 9.70. The molecule has 10 heteroatoms. The summed E-state index contributed by atoms with van der Waals surface area (Å²) in [6.07, 6.45) is -3.45. The van der Waals surface area contributed by atoms with Gasteiger partial charge in [-0.15, -0.1) is 0 Å². The van der Waals surface area contributed by atoms with Crippen LogP contribution < -0.4 is 5.32 Å². The number of para-hydroxylation sites is 2. The van der Waals surface area contributed by atoms with E-state index in [-0.39, 0.29) is 12.5 Å². The number of anilines is 1. The van der Waals surface area contributed by atoms with Crippen molar-refractivity contribution >= 4 is 29.4 Å². The van der Waals surface area contributed by atoms with Crippen molar-refractivity contribution in [1.82, 2.24) is 9.80 Å². The van der Waals surface area contributed by atoms with E-state index >= 15 is 0 Å².